The molecule has 0 radical (unpaired) electrons. The van der Waals surface area contributed by atoms with E-state index < -0.39 is 0 Å². The van der Waals surface area contributed by atoms with Crippen LogP contribution in [0.25, 0.3) is 0 Å². The Labute approximate surface area is 119 Å². The summed E-state index contributed by atoms with van der Waals surface area (Å²) in [4.78, 5) is 11.9. The molecule has 0 saturated carbocycles. The van der Waals surface area contributed by atoms with Gasteiger partial charge in [-0.1, -0.05) is 30.4 Å². The number of anilines is 1. The molecule has 2 rings (SSSR count). The van der Waals surface area contributed by atoms with Crippen molar-refractivity contribution in [2.24, 2.45) is 0 Å². The van der Waals surface area contributed by atoms with Gasteiger partial charge in [-0.25, -0.2) is 4.68 Å². The van der Waals surface area contributed by atoms with Gasteiger partial charge < -0.3 is 5.11 Å². The van der Waals surface area contributed by atoms with Crippen molar-refractivity contribution in [2.75, 3.05) is 5.32 Å². The van der Waals surface area contributed by atoms with E-state index >= 15 is 0 Å². The van der Waals surface area contributed by atoms with E-state index in [9.17, 15) is 4.79 Å². The molecular formula is C11H16N6O2S. The Morgan fingerprint density at radius 3 is 2.70 bits per heavy atom. The van der Waals surface area contributed by atoms with Gasteiger partial charge in [-0.15, -0.1) is 15.3 Å². The van der Waals surface area contributed by atoms with Crippen LogP contribution in [0.4, 0.5) is 5.13 Å². The first kappa shape index (κ1) is 14.5. The molecule has 1 amide bonds. The summed E-state index contributed by atoms with van der Waals surface area (Å²) < 4.78 is 1.49. The van der Waals surface area contributed by atoms with Gasteiger partial charge in [0.1, 0.15) is 17.2 Å². The standard InChI is InChI=1S/C11H16N6O2S/c1-3-8-7(6-18)13-16-17(8)5-9(19)12-11-15-14-10(4-2)20-11/h18H,3-6H2,1-2H3,(H,12,15,19). The van der Waals surface area contributed by atoms with Crippen molar-refractivity contribution in [2.45, 2.75) is 39.8 Å². The number of aryl methyl sites for hydroxylation is 1. The fourth-order valence-corrected chi connectivity index (χ4v) is 2.44. The highest BCUT2D eigenvalue weighted by molar-refractivity contribution is 7.15. The number of carbonyl (C=O) groups excluding carboxylic acids is 1. The molecule has 0 fully saturated rings. The molecule has 0 aliphatic heterocycles. The van der Waals surface area contributed by atoms with Crippen LogP contribution >= 0.6 is 11.3 Å². The molecule has 108 valence electrons. The van der Waals surface area contributed by atoms with E-state index in [4.69, 9.17) is 5.11 Å². The summed E-state index contributed by atoms with van der Waals surface area (Å²) in [5.74, 6) is -0.243. The smallest absolute Gasteiger partial charge is 0.248 e. The van der Waals surface area contributed by atoms with E-state index in [1.807, 2.05) is 13.8 Å². The van der Waals surface area contributed by atoms with Crippen LogP contribution in [0, 0.1) is 0 Å². The lowest BCUT2D eigenvalue weighted by Crippen LogP contribution is -2.21. The number of nitrogens with zero attached hydrogens (tertiary/aromatic N) is 5. The second-order valence-corrected chi connectivity index (χ2v) is 5.12. The second-order valence-electron chi connectivity index (χ2n) is 4.05. The zero-order valence-electron chi connectivity index (χ0n) is 11.3. The molecular weight excluding hydrogens is 280 g/mol. The molecule has 0 unspecified atom stereocenters. The Morgan fingerprint density at radius 2 is 2.10 bits per heavy atom. The number of carbonyl (C=O) groups is 1. The van der Waals surface area contributed by atoms with E-state index in [0.717, 1.165) is 17.1 Å². The summed E-state index contributed by atoms with van der Waals surface area (Å²) >= 11 is 1.35. The maximum Gasteiger partial charge on any atom is 0.248 e. The van der Waals surface area contributed by atoms with E-state index in [1.165, 1.54) is 16.0 Å². The molecule has 0 spiro atoms. The average molecular weight is 296 g/mol. The number of aromatic nitrogens is 5. The van der Waals surface area contributed by atoms with Gasteiger partial charge >= 0.3 is 0 Å². The first-order valence-corrected chi connectivity index (χ1v) is 7.13. The SMILES string of the molecule is CCc1nnc(NC(=O)Cn2nnc(CO)c2CC)s1. The molecule has 2 aromatic heterocycles. The summed E-state index contributed by atoms with van der Waals surface area (Å²) in [7, 11) is 0. The minimum atomic E-state index is -0.243. The fourth-order valence-electron chi connectivity index (χ4n) is 1.75. The monoisotopic (exact) mass is 296 g/mol. The molecule has 8 nitrogen and oxygen atoms in total. The van der Waals surface area contributed by atoms with Crippen LogP contribution in [0.3, 0.4) is 0 Å². The number of aliphatic hydroxyl groups excluding tert-OH is 1. The Balaban J connectivity index is 2.02. The number of amides is 1. The van der Waals surface area contributed by atoms with Gasteiger partial charge in [-0.2, -0.15) is 0 Å². The maximum absolute atomic E-state index is 11.9. The summed E-state index contributed by atoms with van der Waals surface area (Å²) in [5.41, 5.74) is 1.26. The van der Waals surface area contributed by atoms with E-state index in [1.54, 1.807) is 0 Å². The van der Waals surface area contributed by atoms with E-state index in [-0.39, 0.29) is 19.1 Å². The number of nitrogens with one attached hydrogen (secondary N) is 1. The van der Waals surface area contributed by atoms with Crippen LogP contribution in [-0.2, 0) is 30.8 Å². The molecule has 0 atom stereocenters. The van der Waals surface area contributed by atoms with Gasteiger partial charge in [0.2, 0.25) is 11.0 Å². The number of hydrogen-bond donors (Lipinski definition) is 2. The first-order valence-electron chi connectivity index (χ1n) is 6.32. The molecule has 20 heavy (non-hydrogen) atoms. The lowest BCUT2D eigenvalue weighted by Gasteiger charge is -2.04. The molecule has 2 aromatic rings. The molecule has 0 saturated heterocycles. The van der Waals surface area contributed by atoms with Crippen molar-refractivity contribution in [3.8, 4) is 0 Å². The lowest BCUT2D eigenvalue weighted by molar-refractivity contribution is -0.117. The Hall–Kier alpha value is -1.87. The number of hydrogen-bond acceptors (Lipinski definition) is 7. The van der Waals surface area contributed by atoms with Gasteiger partial charge in [0.05, 0.1) is 12.3 Å². The summed E-state index contributed by atoms with van der Waals surface area (Å²) in [6, 6.07) is 0. The highest BCUT2D eigenvalue weighted by Crippen LogP contribution is 2.15. The van der Waals surface area contributed by atoms with Crippen molar-refractivity contribution in [1.82, 2.24) is 25.2 Å². The molecule has 0 aliphatic rings. The van der Waals surface area contributed by atoms with Crippen molar-refractivity contribution in [3.63, 3.8) is 0 Å². The third-order valence-electron chi connectivity index (χ3n) is 2.71. The van der Waals surface area contributed by atoms with Gasteiger partial charge in [-0.05, 0) is 12.8 Å². The predicted octanol–water partition coefficient (Wildman–Crippen LogP) is 0.385. The van der Waals surface area contributed by atoms with Crippen LogP contribution in [0.15, 0.2) is 0 Å². The predicted molar refractivity (Wildman–Crippen MR) is 73.2 cm³/mol. The van der Waals surface area contributed by atoms with Crippen molar-refractivity contribution < 1.29 is 9.90 Å². The molecule has 0 aromatic carbocycles. The van der Waals surface area contributed by atoms with Crippen LogP contribution in [0.5, 0.6) is 0 Å². The number of aliphatic hydroxyl groups is 1. The van der Waals surface area contributed by atoms with Crippen LogP contribution in [-0.4, -0.2) is 36.2 Å². The van der Waals surface area contributed by atoms with Crippen LogP contribution < -0.4 is 5.32 Å². The topological polar surface area (TPSA) is 106 Å². The van der Waals surface area contributed by atoms with Crippen molar-refractivity contribution in [1.29, 1.82) is 0 Å². The zero-order valence-corrected chi connectivity index (χ0v) is 12.1. The fraction of sp³-hybridized carbons (Fsp3) is 0.545. The maximum atomic E-state index is 11.9. The average Bonchev–Trinajstić information content (AvgIpc) is 3.04. The van der Waals surface area contributed by atoms with Gasteiger partial charge in [0, 0.05) is 0 Å². The molecule has 0 bridgehead atoms. The minimum absolute atomic E-state index is 0.0389. The van der Waals surface area contributed by atoms with Crippen LogP contribution in [0.1, 0.15) is 30.2 Å². The first-order chi connectivity index (χ1) is 9.67. The normalized spacial score (nSPS) is 10.8. The van der Waals surface area contributed by atoms with Gasteiger partial charge in [-0.3, -0.25) is 10.1 Å². The highest BCUT2D eigenvalue weighted by atomic mass is 32.1. The summed E-state index contributed by atoms with van der Waals surface area (Å²) in [5, 5.41) is 28.7. The Kier molecular flexibility index (Phi) is 4.74. The minimum Gasteiger partial charge on any atom is -0.390 e. The van der Waals surface area contributed by atoms with Gasteiger partial charge in [0.25, 0.3) is 0 Å². The van der Waals surface area contributed by atoms with Crippen LogP contribution in [0.2, 0.25) is 0 Å². The van der Waals surface area contributed by atoms with Crippen molar-refractivity contribution in [3.05, 3.63) is 16.4 Å². The third-order valence-corrected chi connectivity index (χ3v) is 3.69. The molecule has 2 N–H and O–H groups in total. The summed E-state index contributed by atoms with van der Waals surface area (Å²) in [6.45, 7) is 3.76. The van der Waals surface area contributed by atoms with E-state index in [0.29, 0.717) is 17.2 Å². The van der Waals surface area contributed by atoms with Crippen molar-refractivity contribution >= 4 is 22.4 Å². The molecule has 0 aliphatic carbocycles. The summed E-state index contributed by atoms with van der Waals surface area (Å²) in [6.07, 6.45) is 1.44. The Bertz CT molecular complexity index is 594. The highest BCUT2D eigenvalue weighted by Gasteiger charge is 2.14. The van der Waals surface area contributed by atoms with E-state index in [2.05, 4.69) is 25.8 Å². The largest absolute Gasteiger partial charge is 0.390 e. The second kappa shape index (κ2) is 6.53. The quantitative estimate of drug-likeness (QED) is 0.798. The Morgan fingerprint density at radius 1 is 1.30 bits per heavy atom. The lowest BCUT2D eigenvalue weighted by atomic mass is 10.2. The number of rotatable bonds is 6. The molecule has 2 heterocycles. The zero-order chi connectivity index (χ0) is 14.5. The third kappa shape index (κ3) is 3.17. The molecule has 9 heteroatoms. The van der Waals surface area contributed by atoms with Gasteiger partial charge in [0.15, 0.2) is 0 Å².